The highest BCUT2D eigenvalue weighted by Crippen LogP contribution is 2.25. The minimum Gasteiger partial charge on any atom is -0.469 e. The first kappa shape index (κ1) is 14.8. The topological polar surface area (TPSA) is 41.6 Å². The Morgan fingerprint density at radius 2 is 2.11 bits per heavy atom. The molecule has 2 aliphatic rings. The molecule has 0 aromatic rings. The molecule has 0 aromatic heterocycles. The smallest absolute Gasteiger partial charge is 0.306 e. The standard InChI is InChI=1S/C15H28N2O2/c1-3-4-12-9-14(16-13-5-6-13)11-17(10-12)8-7-15(18)19-2/h12-14,16H,3-11H2,1-2H3. The number of esters is 1. The Morgan fingerprint density at radius 1 is 1.32 bits per heavy atom. The summed E-state index contributed by atoms with van der Waals surface area (Å²) < 4.78 is 4.74. The van der Waals surface area contributed by atoms with Crippen LogP contribution < -0.4 is 5.32 Å². The van der Waals surface area contributed by atoms with Gasteiger partial charge in [-0.05, 0) is 31.6 Å². The molecule has 110 valence electrons. The van der Waals surface area contributed by atoms with E-state index in [1.807, 2.05) is 0 Å². The Morgan fingerprint density at radius 3 is 2.74 bits per heavy atom. The third-order valence-electron chi connectivity index (χ3n) is 4.22. The number of piperidine rings is 1. The summed E-state index contributed by atoms with van der Waals surface area (Å²) >= 11 is 0. The molecule has 1 aliphatic heterocycles. The second-order valence-electron chi connectivity index (χ2n) is 6.11. The van der Waals surface area contributed by atoms with Gasteiger partial charge >= 0.3 is 5.97 Å². The number of carbonyl (C=O) groups excluding carboxylic acids is 1. The van der Waals surface area contributed by atoms with Crippen LogP contribution in [0.2, 0.25) is 0 Å². The van der Waals surface area contributed by atoms with Gasteiger partial charge in [0.15, 0.2) is 0 Å². The van der Waals surface area contributed by atoms with Crippen molar-refractivity contribution in [1.82, 2.24) is 10.2 Å². The maximum Gasteiger partial charge on any atom is 0.306 e. The van der Waals surface area contributed by atoms with Crippen LogP contribution in [0.3, 0.4) is 0 Å². The van der Waals surface area contributed by atoms with Gasteiger partial charge in [0, 0.05) is 31.7 Å². The summed E-state index contributed by atoms with van der Waals surface area (Å²) in [6.07, 6.45) is 7.07. The number of nitrogens with one attached hydrogen (secondary N) is 1. The van der Waals surface area contributed by atoms with E-state index in [-0.39, 0.29) is 5.97 Å². The predicted octanol–water partition coefficient (Wildman–Crippen LogP) is 1.79. The summed E-state index contributed by atoms with van der Waals surface area (Å²) in [6.45, 7) is 5.34. The van der Waals surface area contributed by atoms with Crippen molar-refractivity contribution in [2.24, 2.45) is 5.92 Å². The number of methoxy groups -OCH3 is 1. The van der Waals surface area contributed by atoms with Gasteiger partial charge in [-0.2, -0.15) is 0 Å². The summed E-state index contributed by atoms with van der Waals surface area (Å²) in [5.74, 6) is 0.692. The molecule has 0 amide bonds. The second-order valence-corrected chi connectivity index (χ2v) is 6.11. The van der Waals surface area contributed by atoms with Gasteiger partial charge in [0.05, 0.1) is 13.5 Å². The Balaban J connectivity index is 1.80. The average Bonchev–Trinajstić information content (AvgIpc) is 3.20. The van der Waals surface area contributed by atoms with E-state index in [9.17, 15) is 4.79 Å². The number of nitrogens with zero attached hydrogens (tertiary/aromatic N) is 1. The van der Waals surface area contributed by atoms with Crippen molar-refractivity contribution >= 4 is 5.97 Å². The van der Waals surface area contributed by atoms with Crippen molar-refractivity contribution in [2.45, 2.75) is 57.5 Å². The molecule has 2 atom stereocenters. The molecule has 1 aliphatic carbocycles. The first-order valence-corrected chi connectivity index (χ1v) is 7.76. The Kier molecular flexibility index (Phi) is 5.64. The molecule has 1 saturated heterocycles. The zero-order valence-electron chi connectivity index (χ0n) is 12.4. The molecule has 1 saturated carbocycles. The maximum absolute atomic E-state index is 11.3. The third kappa shape index (κ3) is 5.11. The lowest BCUT2D eigenvalue weighted by Crippen LogP contribution is -2.50. The van der Waals surface area contributed by atoms with Gasteiger partial charge in [-0.15, -0.1) is 0 Å². The van der Waals surface area contributed by atoms with E-state index >= 15 is 0 Å². The molecular formula is C15H28N2O2. The lowest BCUT2D eigenvalue weighted by molar-refractivity contribution is -0.141. The maximum atomic E-state index is 11.3. The fourth-order valence-corrected chi connectivity index (χ4v) is 3.16. The fourth-order valence-electron chi connectivity index (χ4n) is 3.16. The highest BCUT2D eigenvalue weighted by molar-refractivity contribution is 5.69. The lowest BCUT2D eigenvalue weighted by Gasteiger charge is -2.38. The lowest BCUT2D eigenvalue weighted by atomic mass is 9.90. The second kappa shape index (κ2) is 7.25. The monoisotopic (exact) mass is 268 g/mol. The van der Waals surface area contributed by atoms with Crippen LogP contribution in [0.15, 0.2) is 0 Å². The van der Waals surface area contributed by atoms with Crippen molar-refractivity contribution in [3.05, 3.63) is 0 Å². The predicted molar refractivity (Wildman–Crippen MR) is 76.0 cm³/mol. The molecular weight excluding hydrogens is 240 g/mol. The van der Waals surface area contributed by atoms with Crippen molar-refractivity contribution in [3.63, 3.8) is 0 Å². The van der Waals surface area contributed by atoms with Crippen LogP contribution >= 0.6 is 0 Å². The minimum atomic E-state index is -0.0932. The van der Waals surface area contributed by atoms with Crippen LogP contribution in [0.4, 0.5) is 0 Å². The van der Waals surface area contributed by atoms with Gasteiger partial charge < -0.3 is 15.0 Å². The molecule has 0 spiro atoms. The van der Waals surface area contributed by atoms with Crippen molar-refractivity contribution < 1.29 is 9.53 Å². The quantitative estimate of drug-likeness (QED) is 0.715. The van der Waals surface area contributed by atoms with Crippen LogP contribution in [0.5, 0.6) is 0 Å². The van der Waals surface area contributed by atoms with E-state index in [1.54, 1.807) is 0 Å². The molecule has 1 heterocycles. The van der Waals surface area contributed by atoms with Crippen LogP contribution in [0, 0.1) is 5.92 Å². The van der Waals surface area contributed by atoms with Crippen LogP contribution in [0.1, 0.15) is 45.4 Å². The van der Waals surface area contributed by atoms with Crippen LogP contribution in [0.25, 0.3) is 0 Å². The van der Waals surface area contributed by atoms with Crippen molar-refractivity contribution in [2.75, 3.05) is 26.7 Å². The molecule has 0 radical (unpaired) electrons. The summed E-state index contributed by atoms with van der Waals surface area (Å²) in [4.78, 5) is 13.7. The van der Waals surface area contributed by atoms with Gasteiger partial charge in [-0.1, -0.05) is 13.3 Å². The SMILES string of the molecule is CCCC1CC(NC2CC2)CN(CCC(=O)OC)C1. The Hall–Kier alpha value is -0.610. The zero-order valence-corrected chi connectivity index (χ0v) is 12.4. The molecule has 0 bridgehead atoms. The summed E-state index contributed by atoms with van der Waals surface area (Å²) in [5, 5.41) is 3.75. The van der Waals surface area contributed by atoms with Gasteiger partial charge in [0.1, 0.15) is 0 Å². The highest BCUT2D eigenvalue weighted by atomic mass is 16.5. The zero-order chi connectivity index (χ0) is 13.7. The van der Waals surface area contributed by atoms with E-state index in [0.29, 0.717) is 12.5 Å². The molecule has 2 fully saturated rings. The van der Waals surface area contributed by atoms with Gasteiger partial charge in [0.2, 0.25) is 0 Å². The normalized spacial score (nSPS) is 28.3. The average molecular weight is 268 g/mol. The number of hydrogen-bond acceptors (Lipinski definition) is 4. The highest BCUT2D eigenvalue weighted by Gasteiger charge is 2.31. The number of hydrogen-bond donors (Lipinski definition) is 1. The number of likely N-dealkylation sites (tertiary alicyclic amines) is 1. The first-order chi connectivity index (χ1) is 9.21. The largest absolute Gasteiger partial charge is 0.469 e. The van der Waals surface area contributed by atoms with E-state index in [1.165, 1.54) is 39.2 Å². The van der Waals surface area contributed by atoms with Gasteiger partial charge in [0.25, 0.3) is 0 Å². The first-order valence-electron chi connectivity index (χ1n) is 7.76. The van der Waals surface area contributed by atoms with Crippen molar-refractivity contribution in [1.29, 1.82) is 0 Å². The summed E-state index contributed by atoms with van der Waals surface area (Å²) in [7, 11) is 1.47. The van der Waals surface area contributed by atoms with Gasteiger partial charge in [-0.25, -0.2) is 0 Å². The molecule has 2 rings (SSSR count). The van der Waals surface area contributed by atoms with E-state index in [2.05, 4.69) is 17.1 Å². The molecule has 0 aromatic carbocycles. The number of carbonyl (C=O) groups is 1. The summed E-state index contributed by atoms with van der Waals surface area (Å²) in [6, 6.07) is 1.39. The number of rotatable bonds is 7. The molecule has 2 unspecified atom stereocenters. The molecule has 1 N–H and O–H groups in total. The minimum absolute atomic E-state index is 0.0932. The molecule has 4 heteroatoms. The summed E-state index contributed by atoms with van der Waals surface area (Å²) in [5.41, 5.74) is 0. The van der Waals surface area contributed by atoms with Crippen molar-refractivity contribution in [3.8, 4) is 0 Å². The molecule has 4 nitrogen and oxygen atoms in total. The molecule has 19 heavy (non-hydrogen) atoms. The van der Waals surface area contributed by atoms with Crippen LogP contribution in [-0.2, 0) is 9.53 Å². The number of ether oxygens (including phenoxy) is 1. The van der Waals surface area contributed by atoms with E-state index in [4.69, 9.17) is 4.74 Å². The van der Waals surface area contributed by atoms with Crippen LogP contribution in [-0.4, -0.2) is 49.7 Å². The third-order valence-corrected chi connectivity index (χ3v) is 4.22. The van der Waals surface area contributed by atoms with E-state index < -0.39 is 0 Å². The van der Waals surface area contributed by atoms with E-state index in [0.717, 1.165) is 31.6 Å². The fraction of sp³-hybridized carbons (Fsp3) is 0.933. The Bertz CT molecular complexity index is 292. The Labute approximate surface area is 116 Å². The van der Waals surface area contributed by atoms with Gasteiger partial charge in [-0.3, -0.25) is 4.79 Å².